The highest BCUT2D eigenvalue weighted by Crippen LogP contribution is 2.27. The van der Waals surface area contributed by atoms with E-state index >= 15 is 0 Å². The molecular formula is C24H29N7O2. The fourth-order valence-corrected chi connectivity index (χ4v) is 4.29. The van der Waals surface area contributed by atoms with Gasteiger partial charge in [-0.25, -0.2) is 14.5 Å². The second-order valence-electron chi connectivity index (χ2n) is 8.37. The summed E-state index contributed by atoms with van der Waals surface area (Å²) in [5.41, 5.74) is 5.98. The number of rotatable bonds is 7. The summed E-state index contributed by atoms with van der Waals surface area (Å²) in [5, 5.41) is 9.81. The lowest BCUT2D eigenvalue weighted by Gasteiger charge is -2.26. The van der Waals surface area contributed by atoms with Gasteiger partial charge in [-0.2, -0.15) is 0 Å². The smallest absolute Gasteiger partial charge is 0.192 e. The summed E-state index contributed by atoms with van der Waals surface area (Å²) in [6, 6.07) is 9.94. The molecule has 3 aromatic heterocycles. The highest BCUT2D eigenvalue weighted by molar-refractivity contribution is 5.98. The number of oxime groups is 1. The lowest BCUT2D eigenvalue weighted by Crippen LogP contribution is -2.38. The standard InChI is InChI=1S/C24H29N7O2/c1-17-19(3)30(10-9-29-11-13-32-14-12-29)23-22(17)24-26-21(27-31(24)16-25-23)15-33-28-18(2)20-7-5-4-6-8-20/h4-8,16H,9-15H2,1-3H3/b28-18-. The van der Waals surface area contributed by atoms with Gasteiger partial charge in [0.25, 0.3) is 0 Å². The van der Waals surface area contributed by atoms with E-state index in [-0.39, 0.29) is 6.61 Å². The van der Waals surface area contributed by atoms with Crippen LogP contribution in [0.3, 0.4) is 0 Å². The van der Waals surface area contributed by atoms with Crippen LogP contribution in [0, 0.1) is 13.8 Å². The van der Waals surface area contributed by atoms with Crippen molar-refractivity contribution >= 4 is 22.4 Å². The molecule has 0 aliphatic carbocycles. The van der Waals surface area contributed by atoms with Crippen molar-refractivity contribution in [3.63, 3.8) is 0 Å². The third-order valence-corrected chi connectivity index (χ3v) is 6.32. The minimum atomic E-state index is 0.198. The average molecular weight is 448 g/mol. The molecule has 4 aromatic rings. The first-order valence-corrected chi connectivity index (χ1v) is 11.3. The van der Waals surface area contributed by atoms with Gasteiger partial charge in [0.2, 0.25) is 0 Å². The lowest BCUT2D eigenvalue weighted by atomic mass is 10.1. The van der Waals surface area contributed by atoms with E-state index in [0.717, 1.165) is 67.3 Å². The van der Waals surface area contributed by atoms with E-state index in [0.29, 0.717) is 5.82 Å². The molecule has 0 radical (unpaired) electrons. The Bertz CT molecular complexity index is 1290. The number of aryl methyl sites for hydroxylation is 1. The van der Waals surface area contributed by atoms with Crippen molar-refractivity contribution in [1.82, 2.24) is 29.0 Å². The second kappa shape index (κ2) is 9.29. The molecule has 1 saturated heterocycles. The predicted octanol–water partition coefficient (Wildman–Crippen LogP) is 2.97. The fourth-order valence-electron chi connectivity index (χ4n) is 4.29. The summed E-state index contributed by atoms with van der Waals surface area (Å²) in [7, 11) is 0. The molecular weight excluding hydrogens is 418 g/mol. The first-order chi connectivity index (χ1) is 16.1. The van der Waals surface area contributed by atoms with E-state index in [4.69, 9.17) is 19.5 Å². The third-order valence-electron chi connectivity index (χ3n) is 6.32. The number of hydrogen-bond donors (Lipinski definition) is 0. The predicted molar refractivity (Wildman–Crippen MR) is 126 cm³/mol. The number of nitrogens with zero attached hydrogens (tertiary/aromatic N) is 7. The number of fused-ring (bicyclic) bond motifs is 3. The topological polar surface area (TPSA) is 82.1 Å². The van der Waals surface area contributed by atoms with Gasteiger partial charge in [-0.15, -0.1) is 5.10 Å². The lowest BCUT2D eigenvalue weighted by molar-refractivity contribution is 0.0364. The van der Waals surface area contributed by atoms with Crippen LogP contribution in [0.5, 0.6) is 0 Å². The van der Waals surface area contributed by atoms with Gasteiger partial charge in [-0.1, -0.05) is 35.5 Å². The Hall–Kier alpha value is -3.30. The van der Waals surface area contributed by atoms with Crippen molar-refractivity contribution < 1.29 is 9.57 Å². The summed E-state index contributed by atoms with van der Waals surface area (Å²) in [4.78, 5) is 17.5. The molecule has 5 rings (SSSR count). The summed E-state index contributed by atoms with van der Waals surface area (Å²) in [6.07, 6.45) is 1.73. The van der Waals surface area contributed by atoms with E-state index in [1.165, 1.54) is 11.3 Å². The van der Waals surface area contributed by atoms with Crippen molar-refractivity contribution in [2.24, 2.45) is 5.16 Å². The van der Waals surface area contributed by atoms with Crippen molar-refractivity contribution in [3.05, 3.63) is 59.3 Å². The molecule has 9 heteroatoms. The fraction of sp³-hybridized carbons (Fsp3) is 0.417. The van der Waals surface area contributed by atoms with Gasteiger partial charge < -0.3 is 14.1 Å². The molecule has 4 heterocycles. The Morgan fingerprint density at radius 2 is 1.88 bits per heavy atom. The minimum Gasteiger partial charge on any atom is -0.387 e. The van der Waals surface area contributed by atoms with Gasteiger partial charge in [-0.05, 0) is 31.9 Å². The van der Waals surface area contributed by atoms with Crippen LogP contribution in [0.25, 0.3) is 16.7 Å². The molecule has 1 aliphatic rings. The number of ether oxygens (including phenoxy) is 1. The SMILES string of the molecule is C/C(=N/OCc1nc2c3c(C)c(C)n(CCN4CCOCC4)c3ncn2n1)c1ccccc1. The first-order valence-electron chi connectivity index (χ1n) is 11.3. The zero-order valence-electron chi connectivity index (χ0n) is 19.4. The van der Waals surface area contributed by atoms with E-state index < -0.39 is 0 Å². The quantitative estimate of drug-likeness (QED) is 0.320. The molecule has 9 nitrogen and oxygen atoms in total. The summed E-state index contributed by atoms with van der Waals surface area (Å²) in [5.74, 6) is 0.576. The molecule has 172 valence electrons. The maximum atomic E-state index is 5.55. The molecule has 0 saturated carbocycles. The van der Waals surface area contributed by atoms with Gasteiger partial charge in [-0.3, -0.25) is 4.90 Å². The van der Waals surface area contributed by atoms with Crippen LogP contribution in [0.1, 0.15) is 29.6 Å². The molecule has 33 heavy (non-hydrogen) atoms. The van der Waals surface area contributed by atoms with Gasteiger partial charge in [0, 0.05) is 31.9 Å². The van der Waals surface area contributed by atoms with E-state index in [2.05, 4.69) is 33.6 Å². The Labute approximate surface area is 192 Å². The zero-order chi connectivity index (χ0) is 22.8. The average Bonchev–Trinajstić information content (AvgIpc) is 3.37. The van der Waals surface area contributed by atoms with Crippen LogP contribution in [0.4, 0.5) is 0 Å². The zero-order valence-corrected chi connectivity index (χ0v) is 19.4. The monoisotopic (exact) mass is 447 g/mol. The Morgan fingerprint density at radius 1 is 1.09 bits per heavy atom. The number of benzene rings is 1. The van der Waals surface area contributed by atoms with E-state index in [1.54, 1.807) is 10.8 Å². The number of hydrogen-bond acceptors (Lipinski definition) is 7. The first kappa shape index (κ1) is 21.5. The van der Waals surface area contributed by atoms with Gasteiger partial charge in [0.15, 0.2) is 18.1 Å². The molecule has 0 spiro atoms. The van der Waals surface area contributed by atoms with Gasteiger partial charge in [0.05, 0.1) is 24.3 Å². The normalized spacial score (nSPS) is 15.5. The van der Waals surface area contributed by atoms with Crippen molar-refractivity contribution in [3.8, 4) is 0 Å². The largest absolute Gasteiger partial charge is 0.387 e. The van der Waals surface area contributed by atoms with Crippen LogP contribution in [-0.2, 0) is 22.7 Å². The molecule has 0 N–H and O–H groups in total. The van der Waals surface area contributed by atoms with Crippen molar-refractivity contribution in [2.75, 3.05) is 32.8 Å². The molecule has 1 fully saturated rings. The summed E-state index contributed by atoms with van der Waals surface area (Å²) < 4.78 is 9.49. The Morgan fingerprint density at radius 3 is 2.67 bits per heavy atom. The highest BCUT2D eigenvalue weighted by Gasteiger charge is 2.19. The van der Waals surface area contributed by atoms with E-state index in [1.807, 2.05) is 37.3 Å². The summed E-state index contributed by atoms with van der Waals surface area (Å²) in [6.45, 7) is 11.8. The maximum Gasteiger partial charge on any atom is 0.192 e. The molecule has 0 atom stereocenters. The Balaban J connectivity index is 1.37. The van der Waals surface area contributed by atoms with Gasteiger partial charge >= 0.3 is 0 Å². The second-order valence-corrected chi connectivity index (χ2v) is 8.37. The van der Waals surface area contributed by atoms with Crippen LogP contribution < -0.4 is 0 Å². The van der Waals surface area contributed by atoms with Gasteiger partial charge in [0.1, 0.15) is 12.0 Å². The highest BCUT2D eigenvalue weighted by atomic mass is 16.6. The van der Waals surface area contributed by atoms with Crippen LogP contribution in [0.2, 0.25) is 0 Å². The molecule has 0 amide bonds. The van der Waals surface area contributed by atoms with Crippen molar-refractivity contribution in [2.45, 2.75) is 33.9 Å². The van der Waals surface area contributed by atoms with Crippen molar-refractivity contribution in [1.29, 1.82) is 0 Å². The van der Waals surface area contributed by atoms with Crippen LogP contribution in [-0.4, -0.2) is 67.6 Å². The third kappa shape index (κ3) is 4.34. The summed E-state index contributed by atoms with van der Waals surface area (Å²) >= 11 is 0. The number of morpholine rings is 1. The minimum absolute atomic E-state index is 0.198. The molecule has 0 bridgehead atoms. The molecule has 0 unspecified atom stereocenters. The molecule has 1 aromatic carbocycles. The van der Waals surface area contributed by atoms with Crippen LogP contribution in [0.15, 0.2) is 41.8 Å². The molecule has 1 aliphatic heterocycles. The number of aromatic nitrogens is 5. The van der Waals surface area contributed by atoms with Crippen LogP contribution >= 0.6 is 0 Å². The Kier molecular flexibility index (Phi) is 6.06. The maximum absolute atomic E-state index is 5.55. The van der Waals surface area contributed by atoms with E-state index in [9.17, 15) is 0 Å².